The van der Waals surface area contributed by atoms with Gasteiger partial charge in [0.15, 0.2) is 0 Å². The van der Waals surface area contributed by atoms with Crippen molar-refractivity contribution in [3.8, 4) is 22.3 Å². The largest absolute Gasteiger partial charge is 0.311 e. The van der Waals surface area contributed by atoms with Crippen LogP contribution in [0.1, 0.15) is 50.1 Å². The first-order valence-corrected chi connectivity index (χ1v) is 29.3. The summed E-state index contributed by atoms with van der Waals surface area (Å²) in [6, 6.07) is 126. The molecule has 2 aliphatic heterocycles. The van der Waals surface area contributed by atoms with Gasteiger partial charge < -0.3 is 9.80 Å². The normalized spacial score (nSPS) is 12.5. The fourth-order valence-corrected chi connectivity index (χ4v) is 14.2. The van der Waals surface area contributed by atoms with Crippen LogP contribution in [0.3, 0.4) is 0 Å². The Hall–Kier alpha value is -10.5. The van der Waals surface area contributed by atoms with E-state index < -0.39 is 10.8 Å². The molecular weight excluding hydrogens is 1010 g/mol. The average Bonchev–Trinajstić information content (AvgIpc) is 0.895. The lowest BCUT2D eigenvalue weighted by Gasteiger charge is -2.45. The first-order valence-electron chi connectivity index (χ1n) is 29.3. The third-order valence-electron chi connectivity index (χ3n) is 17.8. The number of hydrogen-bond acceptors (Lipinski definition) is 2. The van der Waals surface area contributed by atoms with Crippen LogP contribution in [0.15, 0.2) is 340 Å². The molecule has 13 aromatic rings. The number of benzene rings is 13. The maximum atomic E-state index is 2.55. The predicted molar refractivity (Wildman–Crippen MR) is 353 cm³/mol. The molecule has 15 rings (SSSR count). The van der Waals surface area contributed by atoms with Gasteiger partial charge in [0.1, 0.15) is 0 Å². The number of nitrogens with zero attached hydrogens (tertiary/aromatic N) is 2. The van der Waals surface area contributed by atoms with Crippen molar-refractivity contribution < 1.29 is 0 Å². The summed E-state index contributed by atoms with van der Waals surface area (Å²) in [5.41, 5.74) is 25.2. The van der Waals surface area contributed by atoms with Crippen LogP contribution < -0.4 is 26.2 Å². The minimum atomic E-state index is -0.584. The Morgan fingerprint density at radius 3 is 0.786 bits per heavy atom. The molecule has 0 radical (unpaired) electrons. The van der Waals surface area contributed by atoms with Gasteiger partial charge in [0, 0.05) is 34.1 Å². The molecule has 0 amide bonds. The summed E-state index contributed by atoms with van der Waals surface area (Å²) in [5, 5.41) is 0. The van der Waals surface area contributed by atoms with E-state index in [-0.39, 0.29) is 6.71 Å². The maximum Gasteiger partial charge on any atom is 0.252 e. The van der Waals surface area contributed by atoms with Crippen molar-refractivity contribution >= 4 is 57.2 Å². The second-order valence-electron chi connectivity index (χ2n) is 22.4. The molecule has 0 spiro atoms. The molecule has 396 valence electrons. The average molecular weight is 1070 g/mol. The number of hydrogen-bond donors (Lipinski definition) is 0. The topological polar surface area (TPSA) is 6.48 Å². The van der Waals surface area contributed by atoms with Gasteiger partial charge >= 0.3 is 0 Å². The van der Waals surface area contributed by atoms with Crippen molar-refractivity contribution in [2.45, 2.75) is 17.8 Å². The van der Waals surface area contributed by atoms with Crippen LogP contribution in [0.4, 0.5) is 34.1 Å². The van der Waals surface area contributed by atoms with E-state index in [0.717, 1.165) is 11.4 Å². The van der Waals surface area contributed by atoms with Crippen LogP contribution in [0, 0.1) is 6.92 Å². The second-order valence-corrected chi connectivity index (χ2v) is 22.4. The van der Waals surface area contributed by atoms with E-state index in [0.29, 0.717) is 0 Å². The van der Waals surface area contributed by atoms with Crippen molar-refractivity contribution in [2.75, 3.05) is 9.80 Å². The van der Waals surface area contributed by atoms with Gasteiger partial charge in [0.05, 0.1) is 10.8 Å². The van der Waals surface area contributed by atoms with Crippen LogP contribution in [-0.4, -0.2) is 6.71 Å². The van der Waals surface area contributed by atoms with Crippen LogP contribution >= 0.6 is 0 Å². The molecule has 0 bridgehead atoms. The van der Waals surface area contributed by atoms with Crippen molar-refractivity contribution in [2.24, 2.45) is 0 Å². The number of rotatable bonds is 12. The van der Waals surface area contributed by atoms with Crippen LogP contribution in [0.25, 0.3) is 22.3 Å². The van der Waals surface area contributed by atoms with E-state index >= 15 is 0 Å². The summed E-state index contributed by atoms with van der Waals surface area (Å²) in [5.74, 6) is 0. The van der Waals surface area contributed by atoms with Crippen molar-refractivity contribution in [1.29, 1.82) is 0 Å². The van der Waals surface area contributed by atoms with Gasteiger partial charge in [-0.1, -0.05) is 291 Å². The molecule has 3 heteroatoms. The lowest BCUT2D eigenvalue weighted by molar-refractivity contribution is 0.745. The summed E-state index contributed by atoms with van der Waals surface area (Å²) in [7, 11) is 0. The number of aryl methyl sites for hydroxylation is 1. The van der Waals surface area contributed by atoms with Crippen LogP contribution in [0.5, 0.6) is 0 Å². The summed E-state index contributed by atoms with van der Waals surface area (Å²) in [6.45, 7) is 2.17. The quantitative estimate of drug-likeness (QED) is 0.0889. The zero-order chi connectivity index (χ0) is 56.0. The Labute approximate surface area is 494 Å². The highest BCUT2D eigenvalue weighted by atomic mass is 15.2. The fourth-order valence-electron chi connectivity index (χ4n) is 14.2. The molecule has 0 fully saturated rings. The third kappa shape index (κ3) is 8.26. The highest BCUT2D eigenvalue weighted by molar-refractivity contribution is 7.00. The molecule has 2 nitrogen and oxygen atoms in total. The first-order chi connectivity index (χ1) is 41.6. The lowest BCUT2D eigenvalue weighted by atomic mass is 9.33. The van der Waals surface area contributed by atoms with E-state index in [2.05, 4.69) is 356 Å². The summed E-state index contributed by atoms with van der Waals surface area (Å²) < 4.78 is 0. The Morgan fingerprint density at radius 2 is 0.500 bits per heavy atom. The van der Waals surface area contributed by atoms with Crippen molar-refractivity contribution in [3.63, 3.8) is 0 Å². The van der Waals surface area contributed by atoms with Gasteiger partial charge in [0.25, 0.3) is 6.71 Å². The highest BCUT2D eigenvalue weighted by Gasteiger charge is 2.45. The van der Waals surface area contributed by atoms with E-state index in [9.17, 15) is 0 Å². The van der Waals surface area contributed by atoms with Crippen molar-refractivity contribution in [1.82, 2.24) is 0 Å². The summed E-state index contributed by atoms with van der Waals surface area (Å²) >= 11 is 0. The molecule has 0 aliphatic carbocycles. The third-order valence-corrected chi connectivity index (χ3v) is 17.8. The minimum Gasteiger partial charge on any atom is -0.311 e. The van der Waals surface area contributed by atoms with Gasteiger partial charge in [-0.25, -0.2) is 0 Å². The van der Waals surface area contributed by atoms with E-state index in [4.69, 9.17) is 0 Å². The number of anilines is 6. The van der Waals surface area contributed by atoms with E-state index in [1.807, 2.05) is 0 Å². The fraction of sp³-hybridized carbons (Fsp3) is 0.0370. The molecule has 0 N–H and O–H groups in total. The number of fused-ring (bicyclic) bond motifs is 4. The zero-order valence-corrected chi connectivity index (χ0v) is 46.8. The molecule has 0 saturated carbocycles. The molecule has 0 saturated heterocycles. The second kappa shape index (κ2) is 21.1. The predicted octanol–water partition coefficient (Wildman–Crippen LogP) is 18.2. The molecular formula is C81H59BN2. The van der Waals surface area contributed by atoms with E-state index in [1.165, 1.54) is 111 Å². The van der Waals surface area contributed by atoms with Gasteiger partial charge in [-0.3, -0.25) is 0 Å². The Kier molecular flexibility index (Phi) is 12.7. The maximum absolute atomic E-state index is 2.55. The van der Waals surface area contributed by atoms with Gasteiger partial charge in [0.2, 0.25) is 0 Å². The molecule has 84 heavy (non-hydrogen) atoms. The monoisotopic (exact) mass is 1070 g/mol. The highest BCUT2D eigenvalue weighted by Crippen LogP contribution is 2.50. The van der Waals surface area contributed by atoms with Gasteiger partial charge in [-0.05, 0) is 144 Å². The molecule has 2 heterocycles. The molecule has 13 aromatic carbocycles. The zero-order valence-electron chi connectivity index (χ0n) is 46.8. The van der Waals surface area contributed by atoms with Gasteiger partial charge in [-0.15, -0.1) is 0 Å². The Bertz CT molecular complexity index is 3960. The lowest BCUT2D eigenvalue weighted by Crippen LogP contribution is -2.61. The summed E-state index contributed by atoms with van der Waals surface area (Å²) in [6.07, 6.45) is 0. The Balaban J connectivity index is 0.962. The summed E-state index contributed by atoms with van der Waals surface area (Å²) in [4.78, 5) is 5.10. The van der Waals surface area contributed by atoms with E-state index in [1.54, 1.807) is 0 Å². The van der Waals surface area contributed by atoms with Crippen LogP contribution in [-0.2, 0) is 10.8 Å². The standard InChI is InChI=1S/C81H59BN2/c1-58-54-77-79-78(55-58)84(72-50-46-70(47-51-72)81(66-36-20-7-21-37-66,67-38-22-8-23-39-67)68-40-24-9-25-41-68)76-53-43-62(60-28-12-3-13-29-60)57-74(76)82(79)73-56-61(59-26-10-2-11-27-59)42-52-75(73)83(77)71-48-44-69(45-49-71)80(63-30-14-4-15-31-63,64-32-16-5-17-33-64)65-34-18-6-19-35-65/h2-57H,1H3. The minimum absolute atomic E-state index is 0.0947. The molecule has 0 unspecified atom stereocenters. The van der Waals surface area contributed by atoms with Crippen molar-refractivity contribution in [3.05, 3.63) is 390 Å². The first kappa shape index (κ1) is 50.5. The molecule has 0 aromatic heterocycles. The smallest absolute Gasteiger partial charge is 0.252 e. The van der Waals surface area contributed by atoms with Gasteiger partial charge in [-0.2, -0.15) is 0 Å². The molecule has 0 atom stereocenters. The van der Waals surface area contributed by atoms with Crippen LogP contribution in [0.2, 0.25) is 0 Å². The SMILES string of the molecule is Cc1cc2c3c(c1)N(c1ccc(C(c4ccccc4)(c4ccccc4)c4ccccc4)cc1)c1ccc(-c4ccccc4)cc1B3c1cc(-c3ccccc3)ccc1N2c1ccc(C(c2ccccc2)(c2ccccc2)c2ccccc2)cc1. The Morgan fingerprint density at radius 1 is 0.238 bits per heavy atom. The molecule has 2 aliphatic rings.